The average molecular weight is 514 g/mol. The minimum Gasteiger partial charge on any atom is -0.366 e. The first kappa shape index (κ1) is 25.2. The smallest absolute Gasteiger partial charge is 0.160 e. The first-order valence-corrected chi connectivity index (χ1v) is 14.7. The van der Waals surface area contributed by atoms with Crippen molar-refractivity contribution >= 4 is 17.3 Å². The molecular formula is C31H43N7. The number of anilines is 2. The van der Waals surface area contributed by atoms with Crippen LogP contribution in [0.2, 0.25) is 0 Å². The van der Waals surface area contributed by atoms with Crippen molar-refractivity contribution < 1.29 is 0 Å². The highest BCUT2D eigenvalue weighted by Gasteiger charge is 2.38. The van der Waals surface area contributed by atoms with E-state index < -0.39 is 0 Å². The zero-order valence-electron chi connectivity index (χ0n) is 23.4. The lowest BCUT2D eigenvalue weighted by Crippen LogP contribution is -2.45. The molecular weight excluding hydrogens is 470 g/mol. The zero-order valence-corrected chi connectivity index (χ0v) is 23.4. The number of nitrogens with zero attached hydrogens (tertiary/aromatic N) is 7. The summed E-state index contributed by atoms with van der Waals surface area (Å²) in [5.74, 6) is 2.96. The van der Waals surface area contributed by atoms with Gasteiger partial charge in [0.05, 0.1) is 11.7 Å². The predicted molar refractivity (Wildman–Crippen MR) is 155 cm³/mol. The number of allylic oxidation sites excluding steroid dienone is 1. The van der Waals surface area contributed by atoms with Gasteiger partial charge < -0.3 is 14.7 Å². The summed E-state index contributed by atoms with van der Waals surface area (Å²) in [5, 5.41) is 5.25. The van der Waals surface area contributed by atoms with Crippen LogP contribution < -0.4 is 9.80 Å². The fraction of sp³-hybridized carbons (Fsp3) is 0.581. The lowest BCUT2D eigenvalue weighted by molar-refractivity contribution is 0.162. The molecule has 2 bridgehead atoms. The van der Waals surface area contributed by atoms with Crippen LogP contribution in [0, 0.1) is 5.92 Å². The maximum atomic E-state index is 5.25. The second-order valence-electron chi connectivity index (χ2n) is 12.1. The van der Waals surface area contributed by atoms with Crippen molar-refractivity contribution in [2.45, 2.75) is 76.7 Å². The molecule has 1 unspecified atom stereocenters. The molecule has 202 valence electrons. The standard InChI is InChI=1S/C31H43N7/c1-23-21-36(22-23)28-19-30-35(4)16-9-6-5-8-14-31(3,25-12-11-15-32-20-25)24(2)37-17-10-7-13-27(37)26-18-29(33-28)38(30)34-26/h11-12,15,18-20,23,27H,2,5-10,13-14,16-17,21-22H2,1,3-4H3/t27-,31?/m0/s1. The molecule has 3 aliphatic heterocycles. The number of aromatic nitrogens is 4. The van der Waals surface area contributed by atoms with Crippen LogP contribution in [0.1, 0.15) is 82.5 Å². The highest BCUT2D eigenvalue weighted by Crippen LogP contribution is 2.44. The number of pyridine rings is 1. The highest BCUT2D eigenvalue weighted by molar-refractivity contribution is 5.60. The van der Waals surface area contributed by atoms with E-state index in [9.17, 15) is 0 Å². The number of fused-ring (bicyclic) bond motifs is 3. The molecule has 0 aliphatic carbocycles. The Kier molecular flexibility index (Phi) is 6.79. The van der Waals surface area contributed by atoms with Crippen molar-refractivity contribution in [3.8, 4) is 0 Å². The molecule has 0 saturated carbocycles. The van der Waals surface area contributed by atoms with E-state index in [-0.39, 0.29) is 11.5 Å². The Hall–Kier alpha value is -3.09. The molecule has 7 heteroatoms. The van der Waals surface area contributed by atoms with Crippen LogP contribution in [-0.2, 0) is 5.41 Å². The van der Waals surface area contributed by atoms with Gasteiger partial charge in [0.15, 0.2) is 5.65 Å². The van der Waals surface area contributed by atoms with Crippen molar-refractivity contribution in [1.82, 2.24) is 24.5 Å². The molecule has 0 radical (unpaired) electrons. The zero-order chi connectivity index (χ0) is 26.3. The second kappa shape index (κ2) is 10.2. The van der Waals surface area contributed by atoms with Gasteiger partial charge in [0.2, 0.25) is 0 Å². The molecule has 2 atom stereocenters. The van der Waals surface area contributed by atoms with Crippen molar-refractivity contribution in [2.24, 2.45) is 5.92 Å². The third kappa shape index (κ3) is 4.54. The summed E-state index contributed by atoms with van der Waals surface area (Å²) >= 11 is 0. The fourth-order valence-corrected chi connectivity index (χ4v) is 6.77. The molecule has 38 heavy (non-hydrogen) atoms. The largest absolute Gasteiger partial charge is 0.366 e. The highest BCUT2D eigenvalue weighted by atomic mass is 15.4. The van der Waals surface area contributed by atoms with Gasteiger partial charge in [-0.15, -0.1) is 0 Å². The first-order chi connectivity index (χ1) is 18.4. The minimum absolute atomic E-state index is 0.148. The van der Waals surface area contributed by atoms with E-state index in [1.54, 1.807) is 0 Å². The molecule has 6 heterocycles. The Labute approximate surface area is 227 Å². The Balaban J connectivity index is 1.44. The van der Waals surface area contributed by atoms with E-state index >= 15 is 0 Å². The second-order valence-corrected chi connectivity index (χ2v) is 12.1. The van der Waals surface area contributed by atoms with E-state index in [0.717, 1.165) is 67.9 Å². The summed E-state index contributed by atoms with van der Waals surface area (Å²) < 4.78 is 2.09. The van der Waals surface area contributed by atoms with Crippen LogP contribution in [0.25, 0.3) is 5.65 Å². The maximum Gasteiger partial charge on any atom is 0.160 e. The minimum atomic E-state index is -0.148. The molecule has 0 amide bonds. The molecule has 3 aromatic rings. The third-order valence-corrected chi connectivity index (χ3v) is 9.24. The Morgan fingerprint density at radius 1 is 1.03 bits per heavy atom. The van der Waals surface area contributed by atoms with Crippen molar-refractivity contribution in [3.05, 3.63) is 60.2 Å². The fourth-order valence-electron chi connectivity index (χ4n) is 6.77. The number of piperidine rings is 1. The topological polar surface area (TPSA) is 52.8 Å². The van der Waals surface area contributed by atoms with Crippen molar-refractivity contribution in [2.75, 3.05) is 43.0 Å². The van der Waals surface area contributed by atoms with Crippen LogP contribution in [0.5, 0.6) is 0 Å². The van der Waals surface area contributed by atoms with E-state index in [0.29, 0.717) is 0 Å². The number of hydrogen-bond acceptors (Lipinski definition) is 6. The van der Waals surface area contributed by atoms with Gasteiger partial charge in [0.1, 0.15) is 11.6 Å². The van der Waals surface area contributed by atoms with Crippen molar-refractivity contribution in [1.29, 1.82) is 0 Å². The summed E-state index contributed by atoms with van der Waals surface area (Å²) in [5.41, 5.74) is 4.40. The maximum absolute atomic E-state index is 5.25. The van der Waals surface area contributed by atoms with Crippen LogP contribution in [-0.4, -0.2) is 57.7 Å². The lowest BCUT2D eigenvalue weighted by atomic mass is 9.74. The Morgan fingerprint density at radius 2 is 1.84 bits per heavy atom. The molecule has 3 aromatic heterocycles. The molecule has 0 spiro atoms. The van der Waals surface area contributed by atoms with E-state index in [1.807, 2.05) is 12.4 Å². The molecule has 3 aliphatic rings. The summed E-state index contributed by atoms with van der Waals surface area (Å²) in [6.07, 6.45) is 13.3. The first-order valence-electron chi connectivity index (χ1n) is 14.7. The van der Waals surface area contributed by atoms with Gasteiger partial charge in [0, 0.05) is 68.9 Å². The van der Waals surface area contributed by atoms with Crippen LogP contribution in [0.4, 0.5) is 11.6 Å². The number of hydrogen-bond donors (Lipinski definition) is 0. The van der Waals surface area contributed by atoms with Crippen molar-refractivity contribution in [3.63, 3.8) is 0 Å². The van der Waals surface area contributed by atoms with Crippen LogP contribution in [0.15, 0.2) is 48.9 Å². The summed E-state index contributed by atoms with van der Waals surface area (Å²) in [7, 11) is 2.21. The van der Waals surface area contributed by atoms with Crippen LogP contribution in [0.3, 0.4) is 0 Å². The summed E-state index contributed by atoms with van der Waals surface area (Å²) in [6, 6.07) is 9.01. The van der Waals surface area contributed by atoms with E-state index in [4.69, 9.17) is 16.7 Å². The Morgan fingerprint density at radius 3 is 2.63 bits per heavy atom. The Bertz CT molecular complexity index is 1280. The van der Waals surface area contributed by atoms with E-state index in [2.05, 4.69) is 69.4 Å². The monoisotopic (exact) mass is 513 g/mol. The molecule has 0 N–H and O–H groups in total. The summed E-state index contributed by atoms with van der Waals surface area (Å²) in [6.45, 7) is 13.7. The SMILES string of the molecule is C=C1N2CCCC[C@H]2c2cc3nc(N4CC(C)C4)cc(n3n2)N(C)CCCCCCC1(C)c1cccnc1. The average Bonchev–Trinajstić information content (AvgIpc) is 3.36. The van der Waals surface area contributed by atoms with E-state index in [1.165, 1.54) is 49.8 Å². The summed E-state index contributed by atoms with van der Waals surface area (Å²) in [4.78, 5) is 17.0. The molecule has 2 saturated heterocycles. The van der Waals surface area contributed by atoms with Gasteiger partial charge in [-0.25, -0.2) is 4.98 Å². The van der Waals surface area contributed by atoms with Crippen LogP contribution >= 0.6 is 0 Å². The molecule has 7 nitrogen and oxygen atoms in total. The molecule has 2 fully saturated rings. The van der Waals surface area contributed by atoms with Gasteiger partial charge in [0.25, 0.3) is 0 Å². The molecule has 0 aromatic carbocycles. The van der Waals surface area contributed by atoms with Gasteiger partial charge in [-0.1, -0.05) is 38.8 Å². The lowest BCUT2D eigenvalue weighted by Gasteiger charge is -2.45. The van der Waals surface area contributed by atoms with Gasteiger partial charge in [-0.2, -0.15) is 9.61 Å². The predicted octanol–water partition coefficient (Wildman–Crippen LogP) is 5.98. The van der Waals surface area contributed by atoms with Gasteiger partial charge >= 0.3 is 0 Å². The third-order valence-electron chi connectivity index (χ3n) is 9.24. The molecule has 6 rings (SSSR count). The quantitative estimate of drug-likeness (QED) is 0.420. The number of rotatable bonds is 2. The van der Waals surface area contributed by atoms with Gasteiger partial charge in [-0.05, 0) is 56.6 Å². The normalized spacial score (nSPS) is 25.7. The van der Waals surface area contributed by atoms with Gasteiger partial charge in [-0.3, -0.25) is 4.98 Å².